The van der Waals surface area contributed by atoms with Crippen molar-refractivity contribution < 1.29 is 4.79 Å². The van der Waals surface area contributed by atoms with Crippen LogP contribution in [0.2, 0.25) is 0 Å². The van der Waals surface area contributed by atoms with Crippen molar-refractivity contribution in [1.29, 1.82) is 0 Å². The monoisotopic (exact) mass is 312 g/mol. The largest absolute Gasteiger partial charge is 0.354 e. The van der Waals surface area contributed by atoms with Crippen molar-refractivity contribution in [2.75, 3.05) is 6.54 Å². The molecule has 0 aliphatic rings. The van der Waals surface area contributed by atoms with E-state index < -0.39 is 0 Å². The predicted octanol–water partition coefficient (Wildman–Crippen LogP) is 3.19. The number of hydrogen-bond acceptors (Lipinski definition) is 2. The second-order valence-electron chi connectivity index (χ2n) is 6.38. The summed E-state index contributed by atoms with van der Waals surface area (Å²) in [6.07, 6.45) is 2.52. The van der Waals surface area contributed by atoms with Gasteiger partial charge in [-0.3, -0.25) is 4.79 Å². The molecule has 3 nitrogen and oxygen atoms in total. The van der Waals surface area contributed by atoms with Gasteiger partial charge >= 0.3 is 0 Å². The van der Waals surface area contributed by atoms with Crippen molar-refractivity contribution in [1.82, 2.24) is 5.32 Å². The summed E-state index contributed by atoms with van der Waals surface area (Å²) in [4.78, 5) is 11.7. The van der Waals surface area contributed by atoms with E-state index in [-0.39, 0.29) is 29.8 Å². The van der Waals surface area contributed by atoms with Gasteiger partial charge in [0.05, 0.1) is 6.04 Å². The first-order chi connectivity index (χ1) is 9.34. The summed E-state index contributed by atoms with van der Waals surface area (Å²) in [5, 5.41) is 2.90. The second-order valence-corrected chi connectivity index (χ2v) is 6.38. The zero-order valence-electron chi connectivity index (χ0n) is 13.6. The van der Waals surface area contributed by atoms with Crippen LogP contribution in [0.5, 0.6) is 0 Å². The summed E-state index contributed by atoms with van der Waals surface area (Å²) in [7, 11) is 0. The lowest BCUT2D eigenvalue weighted by molar-refractivity contribution is -0.122. The van der Waals surface area contributed by atoms with Gasteiger partial charge in [-0.05, 0) is 29.4 Å². The quantitative estimate of drug-likeness (QED) is 0.847. The topological polar surface area (TPSA) is 55.1 Å². The molecule has 0 saturated carbocycles. The van der Waals surface area contributed by atoms with Gasteiger partial charge in [0, 0.05) is 6.54 Å². The van der Waals surface area contributed by atoms with E-state index in [1.165, 1.54) is 11.1 Å². The molecule has 0 spiro atoms. The first-order valence-electron chi connectivity index (χ1n) is 7.47. The van der Waals surface area contributed by atoms with E-state index in [2.05, 4.69) is 50.4 Å². The highest BCUT2D eigenvalue weighted by Crippen LogP contribution is 2.22. The Morgan fingerprint density at radius 1 is 1.24 bits per heavy atom. The third kappa shape index (κ3) is 6.96. The lowest BCUT2D eigenvalue weighted by atomic mass is 9.86. The molecule has 0 aromatic heterocycles. The highest BCUT2D eigenvalue weighted by molar-refractivity contribution is 5.85. The molecule has 0 bridgehead atoms. The smallest absolute Gasteiger partial charge is 0.236 e. The molecule has 0 saturated heterocycles. The molecule has 1 rings (SSSR count). The minimum Gasteiger partial charge on any atom is -0.354 e. The summed E-state index contributed by atoms with van der Waals surface area (Å²) in [5.41, 5.74) is 8.51. The molecule has 4 heteroatoms. The minimum atomic E-state index is -0.372. The van der Waals surface area contributed by atoms with Crippen LogP contribution in [0.4, 0.5) is 0 Å². The van der Waals surface area contributed by atoms with E-state index in [9.17, 15) is 4.79 Å². The number of nitrogens with one attached hydrogen (secondary N) is 1. The number of rotatable bonds is 6. The Balaban J connectivity index is 0.00000400. The van der Waals surface area contributed by atoms with Crippen LogP contribution in [0.3, 0.4) is 0 Å². The average Bonchev–Trinajstić information content (AvgIpc) is 2.38. The fourth-order valence-electron chi connectivity index (χ4n) is 2.07. The van der Waals surface area contributed by atoms with Crippen LogP contribution in [0, 0.1) is 0 Å². The molecule has 1 aromatic carbocycles. The highest BCUT2D eigenvalue weighted by Gasteiger charge is 2.13. The standard InChI is InChI=1S/C17H28N2O.ClH/c1-5-6-15(18)16(20)19-12-11-13-7-9-14(10-8-13)17(2,3)4;/h7-10,15H,5-6,11-12,18H2,1-4H3,(H,19,20);1H. The van der Waals surface area contributed by atoms with Gasteiger partial charge in [-0.25, -0.2) is 0 Å². The minimum absolute atomic E-state index is 0. The van der Waals surface area contributed by atoms with Crippen LogP contribution >= 0.6 is 12.4 Å². The Hall–Kier alpha value is -1.06. The highest BCUT2D eigenvalue weighted by atomic mass is 35.5. The van der Waals surface area contributed by atoms with Crippen molar-refractivity contribution in [3.8, 4) is 0 Å². The third-order valence-electron chi connectivity index (χ3n) is 3.47. The van der Waals surface area contributed by atoms with E-state index in [0.717, 1.165) is 19.3 Å². The molecule has 1 unspecified atom stereocenters. The molecule has 3 N–H and O–H groups in total. The van der Waals surface area contributed by atoms with E-state index in [0.29, 0.717) is 6.54 Å². The number of benzene rings is 1. The second kappa shape index (κ2) is 9.06. The summed E-state index contributed by atoms with van der Waals surface area (Å²) >= 11 is 0. The zero-order chi connectivity index (χ0) is 15.2. The fraction of sp³-hybridized carbons (Fsp3) is 0.588. The van der Waals surface area contributed by atoms with Gasteiger partial charge < -0.3 is 11.1 Å². The van der Waals surface area contributed by atoms with Crippen LogP contribution in [0.25, 0.3) is 0 Å². The van der Waals surface area contributed by atoms with Gasteiger partial charge in [0.15, 0.2) is 0 Å². The van der Waals surface area contributed by atoms with Crippen molar-refractivity contribution >= 4 is 18.3 Å². The van der Waals surface area contributed by atoms with E-state index >= 15 is 0 Å². The Morgan fingerprint density at radius 3 is 2.29 bits per heavy atom. The Kier molecular flexibility index (Phi) is 8.60. The molecule has 1 aromatic rings. The van der Waals surface area contributed by atoms with E-state index in [1.54, 1.807) is 0 Å². The summed E-state index contributed by atoms with van der Waals surface area (Å²) in [6, 6.07) is 8.24. The number of nitrogens with two attached hydrogens (primary N) is 1. The lowest BCUT2D eigenvalue weighted by Gasteiger charge is -2.19. The van der Waals surface area contributed by atoms with Crippen LogP contribution in [-0.4, -0.2) is 18.5 Å². The van der Waals surface area contributed by atoms with Crippen molar-refractivity contribution in [2.24, 2.45) is 5.73 Å². The van der Waals surface area contributed by atoms with Gasteiger partial charge in [-0.1, -0.05) is 58.4 Å². The normalized spacial score (nSPS) is 12.4. The van der Waals surface area contributed by atoms with Crippen LogP contribution in [0.15, 0.2) is 24.3 Å². The first kappa shape index (κ1) is 19.9. The van der Waals surface area contributed by atoms with Gasteiger partial charge in [0.2, 0.25) is 5.91 Å². The molecule has 0 aliphatic heterocycles. The average molecular weight is 313 g/mol. The number of carbonyl (C=O) groups is 1. The van der Waals surface area contributed by atoms with Gasteiger partial charge in [0.25, 0.3) is 0 Å². The molecular formula is C17H29ClN2O. The number of amides is 1. The summed E-state index contributed by atoms with van der Waals surface area (Å²) in [6.45, 7) is 9.29. The first-order valence-corrected chi connectivity index (χ1v) is 7.47. The Morgan fingerprint density at radius 2 is 1.81 bits per heavy atom. The molecule has 0 radical (unpaired) electrons. The zero-order valence-corrected chi connectivity index (χ0v) is 14.4. The molecule has 21 heavy (non-hydrogen) atoms. The predicted molar refractivity (Wildman–Crippen MR) is 92.0 cm³/mol. The number of hydrogen-bond donors (Lipinski definition) is 2. The maximum Gasteiger partial charge on any atom is 0.236 e. The maximum absolute atomic E-state index is 11.7. The third-order valence-corrected chi connectivity index (χ3v) is 3.47. The molecule has 120 valence electrons. The molecule has 0 aliphatic carbocycles. The molecular weight excluding hydrogens is 284 g/mol. The van der Waals surface area contributed by atoms with Gasteiger partial charge in [-0.2, -0.15) is 0 Å². The molecule has 1 atom stereocenters. The maximum atomic E-state index is 11.7. The molecule has 1 amide bonds. The van der Waals surface area contributed by atoms with Gasteiger partial charge in [0.1, 0.15) is 0 Å². The van der Waals surface area contributed by atoms with Crippen molar-refractivity contribution in [3.63, 3.8) is 0 Å². The number of halogens is 1. The van der Waals surface area contributed by atoms with Crippen molar-refractivity contribution in [2.45, 2.75) is 58.4 Å². The number of carbonyl (C=O) groups excluding carboxylic acids is 1. The Labute approximate surface area is 135 Å². The fourth-order valence-corrected chi connectivity index (χ4v) is 2.07. The summed E-state index contributed by atoms with van der Waals surface area (Å²) < 4.78 is 0. The molecule has 0 fully saturated rings. The van der Waals surface area contributed by atoms with E-state index in [4.69, 9.17) is 5.73 Å². The van der Waals surface area contributed by atoms with E-state index in [1.807, 2.05) is 6.92 Å². The summed E-state index contributed by atoms with van der Waals surface area (Å²) in [5.74, 6) is -0.0434. The van der Waals surface area contributed by atoms with Gasteiger partial charge in [-0.15, -0.1) is 12.4 Å². The van der Waals surface area contributed by atoms with Crippen LogP contribution in [0.1, 0.15) is 51.7 Å². The van der Waals surface area contributed by atoms with Crippen LogP contribution < -0.4 is 11.1 Å². The van der Waals surface area contributed by atoms with Crippen LogP contribution in [-0.2, 0) is 16.6 Å². The van der Waals surface area contributed by atoms with Crippen molar-refractivity contribution in [3.05, 3.63) is 35.4 Å². The Bertz CT molecular complexity index is 423. The lowest BCUT2D eigenvalue weighted by Crippen LogP contribution is -2.41. The molecule has 0 heterocycles. The SMILES string of the molecule is CCCC(N)C(=O)NCCc1ccc(C(C)(C)C)cc1.Cl.